The molecule has 21 heavy (non-hydrogen) atoms. The van der Waals surface area contributed by atoms with Crippen LogP contribution in [0.15, 0.2) is 6.07 Å². The molecule has 0 spiro atoms. The van der Waals surface area contributed by atoms with Crippen molar-refractivity contribution in [2.75, 3.05) is 18.6 Å². The quantitative estimate of drug-likeness (QED) is 0.839. The van der Waals surface area contributed by atoms with Gasteiger partial charge in [-0.05, 0) is 26.2 Å². The van der Waals surface area contributed by atoms with E-state index >= 15 is 0 Å². The Morgan fingerprint density at radius 3 is 2.76 bits per heavy atom. The number of anilines is 1. The standard InChI is InChI=1S/C14H19N3O4/c1-4-14(13(19)20)6-5-7-17(14)10-8-9(2)15-11(16-10)12(18)21-3/h8H,4-7H2,1-3H3,(H,19,20). The Hall–Kier alpha value is -2.18. The van der Waals surface area contributed by atoms with E-state index < -0.39 is 17.5 Å². The smallest absolute Gasteiger partial charge is 0.376 e. The monoisotopic (exact) mass is 293 g/mol. The summed E-state index contributed by atoms with van der Waals surface area (Å²) in [7, 11) is 1.26. The van der Waals surface area contributed by atoms with Crippen molar-refractivity contribution in [3.05, 3.63) is 17.6 Å². The van der Waals surface area contributed by atoms with Crippen molar-refractivity contribution in [3.8, 4) is 0 Å². The second-order valence-electron chi connectivity index (χ2n) is 5.13. The van der Waals surface area contributed by atoms with Crippen LogP contribution in [-0.2, 0) is 9.53 Å². The molecule has 1 N–H and O–H groups in total. The predicted octanol–water partition coefficient (Wildman–Crippen LogP) is 1.41. The number of esters is 1. The van der Waals surface area contributed by atoms with Crippen LogP contribution in [0.4, 0.5) is 5.82 Å². The number of aliphatic carboxylic acids is 1. The Labute approximate surface area is 123 Å². The number of ether oxygens (including phenoxy) is 1. The van der Waals surface area contributed by atoms with Crippen molar-refractivity contribution in [1.29, 1.82) is 0 Å². The van der Waals surface area contributed by atoms with Gasteiger partial charge in [0.1, 0.15) is 11.4 Å². The zero-order chi connectivity index (χ0) is 15.6. The van der Waals surface area contributed by atoms with Crippen molar-refractivity contribution in [2.24, 2.45) is 0 Å². The lowest BCUT2D eigenvalue weighted by Gasteiger charge is -2.34. The summed E-state index contributed by atoms with van der Waals surface area (Å²) in [5.74, 6) is -1.07. The molecule has 0 aliphatic carbocycles. The van der Waals surface area contributed by atoms with E-state index in [1.807, 2.05) is 6.92 Å². The molecule has 7 nitrogen and oxygen atoms in total. The number of hydrogen-bond donors (Lipinski definition) is 1. The van der Waals surface area contributed by atoms with E-state index in [1.165, 1.54) is 7.11 Å². The number of carbonyl (C=O) groups excluding carboxylic acids is 1. The summed E-state index contributed by atoms with van der Waals surface area (Å²) in [6.07, 6.45) is 1.81. The third-order valence-electron chi connectivity index (χ3n) is 3.96. The highest BCUT2D eigenvalue weighted by molar-refractivity contribution is 5.87. The van der Waals surface area contributed by atoms with Crippen LogP contribution in [0.3, 0.4) is 0 Å². The number of rotatable bonds is 4. The maximum Gasteiger partial charge on any atom is 0.376 e. The summed E-state index contributed by atoms with van der Waals surface area (Å²) in [6.45, 7) is 4.18. The van der Waals surface area contributed by atoms with Gasteiger partial charge < -0.3 is 14.7 Å². The third-order valence-corrected chi connectivity index (χ3v) is 3.96. The lowest BCUT2D eigenvalue weighted by atomic mass is 9.93. The van der Waals surface area contributed by atoms with Crippen molar-refractivity contribution < 1.29 is 19.4 Å². The van der Waals surface area contributed by atoms with E-state index in [9.17, 15) is 14.7 Å². The minimum absolute atomic E-state index is 0.0465. The number of nitrogens with zero attached hydrogens (tertiary/aromatic N) is 3. The molecule has 0 amide bonds. The molecule has 1 aliphatic heterocycles. The molecule has 1 atom stereocenters. The number of carboxylic acid groups (broad SMARTS) is 1. The lowest BCUT2D eigenvalue weighted by Crippen LogP contribution is -2.50. The first kappa shape index (κ1) is 15.2. The van der Waals surface area contributed by atoms with E-state index in [0.717, 1.165) is 6.42 Å². The first-order valence-electron chi connectivity index (χ1n) is 6.89. The van der Waals surface area contributed by atoms with Crippen LogP contribution in [0.1, 0.15) is 42.5 Å². The fourth-order valence-electron chi connectivity index (χ4n) is 2.83. The molecule has 114 valence electrons. The van der Waals surface area contributed by atoms with Gasteiger partial charge >= 0.3 is 11.9 Å². The van der Waals surface area contributed by atoms with Gasteiger partial charge in [0.05, 0.1) is 7.11 Å². The Morgan fingerprint density at radius 1 is 1.48 bits per heavy atom. The van der Waals surface area contributed by atoms with Gasteiger partial charge in [0, 0.05) is 18.3 Å². The van der Waals surface area contributed by atoms with Gasteiger partial charge in [-0.1, -0.05) is 6.92 Å². The summed E-state index contributed by atoms with van der Waals surface area (Å²) in [5.41, 5.74) is -0.364. The van der Waals surface area contributed by atoms with Crippen LogP contribution in [0, 0.1) is 6.92 Å². The van der Waals surface area contributed by atoms with Gasteiger partial charge in [0.15, 0.2) is 0 Å². The summed E-state index contributed by atoms with van der Waals surface area (Å²) in [5, 5.41) is 9.61. The van der Waals surface area contributed by atoms with Gasteiger partial charge in [-0.25, -0.2) is 19.6 Å². The van der Waals surface area contributed by atoms with E-state index in [0.29, 0.717) is 30.9 Å². The van der Waals surface area contributed by atoms with Crippen LogP contribution in [0.25, 0.3) is 0 Å². The van der Waals surface area contributed by atoms with Gasteiger partial charge in [-0.2, -0.15) is 0 Å². The van der Waals surface area contributed by atoms with Crippen LogP contribution in [0.5, 0.6) is 0 Å². The second kappa shape index (κ2) is 5.67. The Morgan fingerprint density at radius 2 is 2.19 bits per heavy atom. The Kier molecular flexibility index (Phi) is 4.11. The van der Waals surface area contributed by atoms with Crippen LogP contribution in [0.2, 0.25) is 0 Å². The molecule has 0 radical (unpaired) electrons. The summed E-state index contributed by atoms with van der Waals surface area (Å²) >= 11 is 0. The largest absolute Gasteiger partial charge is 0.479 e. The average molecular weight is 293 g/mol. The SMILES string of the molecule is CCC1(C(=O)O)CCCN1c1cc(C)nc(C(=O)OC)n1. The maximum atomic E-state index is 11.7. The minimum atomic E-state index is -0.964. The van der Waals surface area contributed by atoms with Crippen molar-refractivity contribution in [2.45, 2.75) is 38.6 Å². The molecule has 2 rings (SSSR count). The molecule has 1 saturated heterocycles. The molecular weight excluding hydrogens is 274 g/mol. The average Bonchev–Trinajstić information content (AvgIpc) is 2.90. The zero-order valence-electron chi connectivity index (χ0n) is 12.4. The molecule has 0 saturated carbocycles. The molecule has 1 aromatic rings. The molecule has 1 unspecified atom stereocenters. The van der Waals surface area contributed by atoms with Gasteiger partial charge in [-0.15, -0.1) is 0 Å². The third kappa shape index (κ3) is 2.55. The van der Waals surface area contributed by atoms with Gasteiger partial charge in [-0.3, -0.25) is 0 Å². The molecule has 0 bridgehead atoms. The van der Waals surface area contributed by atoms with Crippen LogP contribution < -0.4 is 4.90 Å². The predicted molar refractivity (Wildman–Crippen MR) is 75.3 cm³/mol. The highest BCUT2D eigenvalue weighted by Gasteiger charge is 2.47. The topological polar surface area (TPSA) is 92.6 Å². The highest BCUT2D eigenvalue weighted by Crippen LogP contribution is 2.36. The highest BCUT2D eigenvalue weighted by atomic mass is 16.5. The molecule has 1 aliphatic rings. The Balaban J connectivity index is 2.48. The maximum absolute atomic E-state index is 11.7. The second-order valence-corrected chi connectivity index (χ2v) is 5.13. The Bertz CT molecular complexity index is 575. The van der Waals surface area contributed by atoms with E-state index in [4.69, 9.17) is 0 Å². The molecule has 2 heterocycles. The molecular formula is C14H19N3O4. The summed E-state index contributed by atoms with van der Waals surface area (Å²) in [4.78, 5) is 33.3. The normalized spacial score (nSPS) is 21.4. The first-order valence-corrected chi connectivity index (χ1v) is 6.89. The number of carbonyl (C=O) groups is 2. The number of aryl methyl sites for hydroxylation is 1. The number of hydrogen-bond acceptors (Lipinski definition) is 6. The van der Waals surface area contributed by atoms with Gasteiger partial charge in [0.25, 0.3) is 0 Å². The number of aromatic nitrogens is 2. The fourth-order valence-corrected chi connectivity index (χ4v) is 2.83. The lowest BCUT2D eigenvalue weighted by molar-refractivity contribution is -0.143. The van der Waals surface area contributed by atoms with E-state index in [2.05, 4.69) is 14.7 Å². The van der Waals surface area contributed by atoms with Crippen molar-refractivity contribution in [3.63, 3.8) is 0 Å². The molecule has 1 fully saturated rings. The number of carboxylic acids is 1. The van der Waals surface area contributed by atoms with Crippen molar-refractivity contribution >= 4 is 17.8 Å². The van der Waals surface area contributed by atoms with Crippen molar-refractivity contribution in [1.82, 2.24) is 9.97 Å². The zero-order valence-corrected chi connectivity index (χ0v) is 12.4. The van der Waals surface area contributed by atoms with E-state index in [-0.39, 0.29) is 5.82 Å². The molecule has 1 aromatic heterocycles. The molecule has 7 heteroatoms. The van der Waals surface area contributed by atoms with Crippen LogP contribution >= 0.6 is 0 Å². The van der Waals surface area contributed by atoms with Gasteiger partial charge in [0.2, 0.25) is 5.82 Å². The summed E-state index contributed by atoms with van der Waals surface area (Å²) in [6, 6.07) is 1.70. The summed E-state index contributed by atoms with van der Waals surface area (Å²) < 4.78 is 4.64. The van der Waals surface area contributed by atoms with E-state index in [1.54, 1.807) is 17.9 Å². The number of methoxy groups -OCH3 is 1. The fraction of sp³-hybridized carbons (Fsp3) is 0.571. The van der Waals surface area contributed by atoms with Crippen LogP contribution in [-0.4, -0.2) is 46.2 Å². The first-order chi connectivity index (χ1) is 9.94. The minimum Gasteiger partial charge on any atom is -0.479 e. The molecule has 0 aromatic carbocycles.